The lowest BCUT2D eigenvalue weighted by Gasteiger charge is -2.11. The van der Waals surface area contributed by atoms with Crippen LogP contribution in [0.4, 0.5) is 5.82 Å². The molecule has 2 N–H and O–H groups in total. The van der Waals surface area contributed by atoms with E-state index in [1.807, 2.05) is 36.5 Å². The molecule has 0 saturated heterocycles. The van der Waals surface area contributed by atoms with Gasteiger partial charge < -0.3 is 5.73 Å². The first-order valence-electron chi connectivity index (χ1n) is 8.32. The summed E-state index contributed by atoms with van der Waals surface area (Å²) < 4.78 is 0. The Kier molecular flexibility index (Phi) is 5.14. The predicted octanol–water partition coefficient (Wildman–Crippen LogP) is 4.93. The molecule has 3 aromatic heterocycles. The molecule has 26 heavy (non-hydrogen) atoms. The SMILES string of the molecule is CCc1nc(N)ccc1-c1cccc2ccc(-c3cccnc3)nc12.Cl. The van der Waals surface area contributed by atoms with Crippen LogP contribution in [0.3, 0.4) is 0 Å². The molecule has 4 rings (SSSR count). The monoisotopic (exact) mass is 362 g/mol. The zero-order valence-corrected chi connectivity index (χ0v) is 15.2. The third kappa shape index (κ3) is 3.24. The van der Waals surface area contributed by atoms with Crippen LogP contribution in [0.5, 0.6) is 0 Å². The molecule has 4 aromatic rings. The molecular formula is C21H19ClN4. The minimum atomic E-state index is 0. The molecule has 0 saturated carbocycles. The fraction of sp³-hybridized carbons (Fsp3) is 0.0952. The van der Waals surface area contributed by atoms with Crippen LogP contribution in [0.1, 0.15) is 12.6 Å². The maximum Gasteiger partial charge on any atom is 0.123 e. The van der Waals surface area contributed by atoms with E-state index in [1.54, 1.807) is 6.20 Å². The summed E-state index contributed by atoms with van der Waals surface area (Å²) in [6.45, 7) is 2.09. The number of rotatable bonds is 3. The van der Waals surface area contributed by atoms with Crippen LogP contribution in [0.15, 0.2) is 67.0 Å². The predicted molar refractivity (Wildman–Crippen MR) is 109 cm³/mol. The fourth-order valence-electron chi connectivity index (χ4n) is 3.07. The van der Waals surface area contributed by atoms with Crippen molar-refractivity contribution in [2.24, 2.45) is 0 Å². The van der Waals surface area contributed by atoms with E-state index >= 15 is 0 Å². The van der Waals surface area contributed by atoms with E-state index in [4.69, 9.17) is 10.7 Å². The van der Waals surface area contributed by atoms with Crippen molar-refractivity contribution < 1.29 is 0 Å². The minimum absolute atomic E-state index is 0. The van der Waals surface area contributed by atoms with E-state index in [-0.39, 0.29) is 12.4 Å². The normalized spacial score (nSPS) is 10.5. The lowest BCUT2D eigenvalue weighted by atomic mass is 9.99. The Labute approximate surface area is 158 Å². The van der Waals surface area contributed by atoms with Crippen molar-refractivity contribution in [3.63, 3.8) is 0 Å². The highest BCUT2D eigenvalue weighted by Crippen LogP contribution is 2.31. The molecule has 0 unspecified atom stereocenters. The number of nitrogen functional groups attached to an aromatic ring is 1. The van der Waals surface area contributed by atoms with Crippen molar-refractivity contribution in [1.29, 1.82) is 0 Å². The third-order valence-electron chi connectivity index (χ3n) is 4.30. The van der Waals surface area contributed by atoms with Crippen LogP contribution < -0.4 is 5.73 Å². The summed E-state index contributed by atoms with van der Waals surface area (Å²) in [6, 6.07) is 18.2. The van der Waals surface area contributed by atoms with Gasteiger partial charge in [0, 0.05) is 34.5 Å². The Hall–Kier alpha value is -2.98. The Balaban J connectivity index is 0.00000196. The van der Waals surface area contributed by atoms with Gasteiger partial charge in [0.1, 0.15) is 5.82 Å². The smallest absolute Gasteiger partial charge is 0.123 e. The highest BCUT2D eigenvalue weighted by Gasteiger charge is 2.11. The summed E-state index contributed by atoms with van der Waals surface area (Å²) in [7, 11) is 0. The molecule has 1 aromatic carbocycles. The lowest BCUT2D eigenvalue weighted by Crippen LogP contribution is -1.98. The largest absolute Gasteiger partial charge is 0.384 e. The Morgan fingerprint density at radius 1 is 0.885 bits per heavy atom. The van der Waals surface area contributed by atoms with Gasteiger partial charge in [-0.2, -0.15) is 0 Å². The van der Waals surface area contributed by atoms with Gasteiger partial charge in [-0.15, -0.1) is 12.4 Å². The van der Waals surface area contributed by atoms with Crippen LogP contribution in [0, 0.1) is 0 Å². The van der Waals surface area contributed by atoms with E-state index < -0.39 is 0 Å². The summed E-state index contributed by atoms with van der Waals surface area (Å²) in [6.07, 6.45) is 4.42. The van der Waals surface area contributed by atoms with Gasteiger partial charge >= 0.3 is 0 Å². The second kappa shape index (κ2) is 7.50. The minimum Gasteiger partial charge on any atom is -0.384 e. The first-order chi connectivity index (χ1) is 12.3. The van der Waals surface area contributed by atoms with Crippen molar-refractivity contribution in [2.75, 3.05) is 5.73 Å². The maximum absolute atomic E-state index is 5.86. The highest BCUT2D eigenvalue weighted by molar-refractivity contribution is 5.95. The molecule has 4 nitrogen and oxygen atoms in total. The van der Waals surface area contributed by atoms with Gasteiger partial charge in [0.05, 0.1) is 16.9 Å². The number of hydrogen-bond acceptors (Lipinski definition) is 4. The van der Waals surface area contributed by atoms with Crippen molar-refractivity contribution in [3.8, 4) is 22.4 Å². The molecule has 5 heteroatoms. The van der Waals surface area contributed by atoms with E-state index in [9.17, 15) is 0 Å². The average molecular weight is 363 g/mol. The number of nitrogens with zero attached hydrogens (tertiary/aromatic N) is 3. The third-order valence-corrected chi connectivity index (χ3v) is 4.30. The molecule has 0 spiro atoms. The average Bonchev–Trinajstić information content (AvgIpc) is 2.68. The molecular weight excluding hydrogens is 344 g/mol. The summed E-state index contributed by atoms with van der Waals surface area (Å²) in [4.78, 5) is 13.6. The van der Waals surface area contributed by atoms with Crippen LogP contribution in [-0.2, 0) is 6.42 Å². The molecule has 0 bridgehead atoms. The van der Waals surface area contributed by atoms with Gasteiger partial charge in [-0.05, 0) is 36.8 Å². The van der Waals surface area contributed by atoms with E-state index in [0.717, 1.165) is 45.4 Å². The summed E-state index contributed by atoms with van der Waals surface area (Å²) in [5, 5.41) is 1.10. The molecule has 0 amide bonds. The molecule has 0 radical (unpaired) electrons. The van der Waals surface area contributed by atoms with Crippen LogP contribution in [0.25, 0.3) is 33.3 Å². The number of para-hydroxylation sites is 1. The number of hydrogen-bond donors (Lipinski definition) is 1. The maximum atomic E-state index is 5.86. The zero-order valence-electron chi connectivity index (χ0n) is 14.4. The second-order valence-corrected chi connectivity index (χ2v) is 5.90. The Bertz CT molecular complexity index is 1050. The topological polar surface area (TPSA) is 64.7 Å². The first kappa shape index (κ1) is 17.8. The van der Waals surface area contributed by atoms with Gasteiger partial charge in [0.15, 0.2) is 0 Å². The molecule has 130 valence electrons. The highest BCUT2D eigenvalue weighted by atomic mass is 35.5. The van der Waals surface area contributed by atoms with E-state index in [0.29, 0.717) is 5.82 Å². The molecule has 3 heterocycles. The van der Waals surface area contributed by atoms with E-state index in [1.165, 1.54) is 0 Å². The molecule has 0 aliphatic heterocycles. The lowest BCUT2D eigenvalue weighted by molar-refractivity contribution is 1.05. The van der Waals surface area contributed by atoms with Crippen molar-refractivity contribution in [1.82, 2.24) is 15.0 Å². The quantitative estimate of drug-likeness (QED) is 0.561. The molecule has 0 atom stereocenters. The number of benzene rings is 1. The summed E-state index contributed by atoms with van der Waals surface area (Å²) in [5.41, 5.74) is 11.9. The number of aryl methyl sites for hydroxylation is 1. The van der Waals surface area contributed by atoms with Crippen LogP contribution in [-0.4, -0.2) is 15.0 Å². The van der Waals surface area contributed by atoms with Crippen molar-refractivity contribution in [2.45, 2.75) is 13.3 Å². The van der Waals surface area contributed by atoms with Gasteiger partial charge in [-0.1, -0.05) is 31.2 Å². The zero-order chi connectivity index (χ0) is 17.2. The van der Waals surface area contributed by atoms with Crippen LogP contribution in [0.2, 0.25) is 0 Å². The van der Waals surface area contributed by atoms with Crippen LogP contribution >= 0.6 is 12.4 Å². The molecule has 0 aliphatic rings. The van der Waals surface area contributed by atoms with Crippen molar-refractivity contribution >= 4 is 29.1 Å². The number of pyridine rings is 3. The summed E-state index contributed by atoms with van der Waals surface area (Å²) >= 11 is 0. The van der Waals surface area contributed by atoms with E-state index in [2.05, 4.69) is 41.2 Å². The molecule has 0 fully saturated rings. The van der Waals surface area contributed by atoms with Gasteiger partial charge in [0.2, 0.25) is 0 Å². The number of nitrogens with two attached hydrogens (primary N) is 1. The Morgan fingerprint density at radius 2 is 1.77 bits per heavy atom. The standard InChI is InChI=1S/C21H18N4.ClH/c1-2-18-16(9-11-20(22)24-18)17-7-3-5-14-8-10-19(25-21(14)17)15-6-4-12-23-13-15;/h3-13H,2H2,1H3,(H2,22,24);1H. The Morgan fingerprint density at radius 3 is 2.54 bits per heavy atom. The van der Waals surface area contributed by atoms with Crippen molar-refractivity contribution in [3.05, 3.63) is 72.7 Å². The number of anilines is 1. The first-order valence-corrected chi connectivity index (χ1v) is 8.32. The fourth-order valence-corrected chi connectivity index (χ4v) is 3.07. The number of fused-ring (bicyclic) bond motifs is 1. The number of aromatic nitrogens is 3. The summed E-state index contributed by atoms with van der Waals surface area (Å²) in [5.74, 6) is 0.546. The number of halogens is 1. The van der Waals surface area contributed by atoms with Gasteiger partial charge in [-0.25, -0.2) is 9.97 Å². The molecule has 0 aliphatic carbocycles. The van der Waals surface area contributed by atoms with Gasteiger partial charge in [0.25, 0.3) is 0 Å². The van der Waals surface area contributed by atoms with Gasteiger partial charge in [-0.3, -0.25) is 4.98 Å². The second-order valence-electron chi connectivity index (χ2n) is 5.90.